The van der Waals surface area contributed by atoms with Crippen LogP contribution in [0.1, 0.15) is 28.9 Å². The van der Waals surface area contributed by atoms with Crippen molar-refractivity contribution in [3.8, 4) is 11.5 Å². The van der Waals surface area contributed by atoms with Crippen LogP contribution in [0, 0.1) is 0 Å². The third-order valence-corrected chi connectivity index (χ3v) is 4.07. The van der Waals surface area contributed by atoms with Gasteiger partial charge in [-0.15, -0.1) is 0 Å². The fourth-order valence-corrected chi connectivity index (χ4v) is 2.73. The molecule has 0 aliphatic carbocycles. The standard InChI is InChI=1S/C19H18ClNO5/c1-12(13-3-2-4-15(20)9-13)21-18(22)11-26-19(23)14-5-6-16-17(10-14)25-8-7-24-16/h2-6,9-10,12H,7-8,11H2,1H3,(H,21,22). The molecular weight excluding hydrogens is 358 g/mol. The highest BCUT2D eigenvalue weighted by Crippen LogP contribution is 2.30. The van der Waals surface area contributed by atoms with Gasteiger partial charge in [0, 0.05) is 5.02 Å². The van der Waals surface area contributed by atoms with Gasteiger partial charge in [0.05, 0.1) is 11.6 Å². The van der Waals surface area contributed by atoms with Crippen molar-refractivity contribution in [2.24, 2.45) is 0 Å². The van der Waals surface area contributed by atoms with Gasteiger partial charge >= 0.3 is 5.97 Å². The summed E-state index contributed by atoms with van der Waals surface area (Å²) in [5.74, 6) is 0.0709. The Balaban J connectivity index is 1.53. The zero-order valence-electron chi connectivity index (χ0n) is 14.2. The number of fused-ring (bicyclic) bond motifs is 1. The number of halogens is 1. The number of ether oxygens (including phenoxy) is 3. The van der Waals surface area contributed by atoms with E-state index in [2.05, 4.69) is 5.32 Å². The highest BCUT2D eigenvalue weighted by molar-refractivity contribution is 6.30. The number of carbonyl (C=O) groups is 2. The maximum atomic E-state index is 12.1. The average Bonchev–Trinajstić information content (AvgIpc) is 2.65. The van der Waals surface area contributed by atoms with Crippen LogP contribution < -0.4 is 14.8 Å². The van der Waals surface area contributed by atoms with Crippen LogP contribution in [-0.4, -0.2) is 31.7 Å². The number of hydrogen-bond acceptors (Lipinski definition) is 5. The Labute approximate surface area is 156 Å². The summed E-state index contributed by atoms with van der Waals surface area (Å²) in [6.45, 7) is 2.35. The lowest BCUT2D eigenvalue weighted by atomic mass is 10.1. The molecule has 6 nitrogen and oxygen atoms in total. The zero-order valence-corrected chi connectivity index (χ0v) is 14.9. The van der Waals surface area contributed by atoms with Crippen molar-refractivity contribution in [2.45, 2.75) is 13.0 Å². The normalized spacial score (nSPS) is 13.6. The van der Waals surface area contributed by atoms with Gasteiger partial charge in [-0.05, 0) is 42.8 Å². The zero-order chi connectivity index (χ0) is 18.5. The lowest BCUT2D eigenvalue weighted by molar-refractivity contribution is -0.124. The van der Waals surface area contributed by atoms with Crippen molar-refractivity contribution in [1.29, 1.82) is 0 Å². The molecular formula is C19H18ClNO5. The highest BCUT2D eigenvalue weighted by atomic mass is 35.5. The van der Waals surface area contributed by atoms with Crippen LogP contribution in [0.15, 0.2) is 42.5 Å². The molecule has 1 amide bonds. The summed E-state index contributed by atoms with van der Waals surface area (Å²) >= 11 is 5.95. The van der Waals surface area contributed by atoms with Gasteiger partial charge in [0.25, 0.3) is 5.91 Å². The molecule has 0 radical (unpaired) electrons. The summed E-state index contributed by atoms with van der Waals surface area (Å²) in [4.78, 5) is 24.1. The summed E-state index contributed by atoms with van der Waals surface area (Å²) < 4.78 is 15.9. The monoisotopic (exact) mass is 375 g/mol. The first-order valence-electron chi connectivity index (χ1n) is 8.14. The van der Waals surface area contributed by atoms with E-state index in [1.54, 1.807) is 30.3 Å². The minimum absolute atomic E-state index is 0.255. The summed E-state index contributed by atoms with van der Waals surface area (Å²) in [5.41, 5.74) is 1.16. The predicted molar refractivity (Wildman–Crippen MR) is 95.7 cm³/mol. The maximum absolute atomic E-state index is 12.1. The fourth-order valence-electron chi connectivity index (χ4n) is 2.53. The molecule has 0 saturated carbocycles. The van der Waals surface area contributed by atoms with E-state index >= 15 is 0 Å². The molecule has 0 saturated heterocycles. The number of carbonyl (C=O) groups excluding carboxylic acids is 2. The van der Waals surface area contributed by atoms with Gasteiger partial charge < -0.3 is 19.5 Å². The maximum Gasteiger partial charge on any atom is 0.338 e. The van der Waals surface area contributed by atoms with E-state index in [4.69, 9.17) is 25.8 Å². The number of hydrogen-bond donors (Lipinski definition) is 1. The van der Waals surface area contributed by atoms with Gasteiger partial charge in [0.1, 0.15) is 13.2 Å². The second-order valence-electron chi connectivity index (χ2n) is 5.78. The van der Waals surface area contributed by atoms with E-state index in [9.17, 15) is 9.59 Å². The third kappa shape index (κ3) is 4.46. The smallest absolute Gasteiger partial charge is 0.338 e. The summed E-state index contributed by atoms with van der Waals surface area (Å²) in [7, 11) is 0. The van der Waals surface area contributed by atoms with E-state index in [0.717, 1.165) is 5.56 Å². The molecule has 0 fully saturated rings. The summed E-state index contributed by atoms with van der Waals surface area (Å²) in [6.07, 6.45) is 0. The Morgan fingerprint density at radius 2 is 1.92 bits per heavy atom. The molecule has 0 bridgehead atoms. The third-order valence-electron chi connectivity index (χ3n) is 3.84. The topological polar surface area (TPSA) is 73.9 Å². The second kappa shape index (κ2) is 8.10. The lowest BCUT2D eigenvalue weighted by Crippen LogP contribution is -2.31. The molecule has 0 spiro atoms. The summed E-state index contributed by atoms with van der Waals surface area (Å²) in [6, 6.07) is 11.7. The van der Waals surface area contributed by atoms with Gasteiger partial charge in [-0.1, -0.05) is 23.7 Å². The molecule has 1 aliphatic rings. The van der Waals surface area contributed by atoms with E-state index in [0.29, 0.717) is 35.3 Å². The minimum atomic E-state index is -0.604. The minimum Gasteiger partial charge on any atom is -0.486 e. The molecule has 1 unspecified atom stereocenters. The number of benzene rings is 2. The Morgan fingerprint density at radius 1 is 1.15 bits per heavy atom. The van der Waals surface area contributed by atoms with Crippen molar-refractivity contribution >= 4 is 23.5 Å². The van der Waals surface area contributed by atoms with Crippen LogP contribution in [0.4, 0.5) is 0 Å². The molecule has 0 aromatic heterocycles. The molecule has 7 heteroatoms. The number of amides is 1. The van der Waals surface area contributed by atoms with E-state index in [1.165, 1.54) is 0 Å². The lowest BCUT2D eigenvalue weighted by Gasteiger charge is -2.18. The molecule has 2 aromatic rings. The molecule has 2 aromatic carbocycles. The molecule has 3 rings (SSSR count). The van der Waals surface area contributed by atoms with Crippen LogP contribution >= 0.6 is 11.6 Å². The van der Waals surface area contributed by atoms with Gasteiger partial charge in [0.2, 0.25) is 0 Å². The van der Waals surface area contributed by atoms with Gasteiger partial charge in [-0.3, -0.25) is 4.79 Å². The van der Waals surface area contributed by atoms with E-state index in [1.807, 2.05) is 19.1 Å². The molecule has 1 N–H and O–H groups in total. The fraction of sp³-hybridized carbons (Fsp3) is 0.263. The SMILES string of the molecule is CC(NC(=O)COC(=O)c1ccc2c(c1)OCCO2)c1cccc(Cl)c1. The van der Waals surface area contributed by atoms with Gasteiger partial charge in [-0.25, -0.2) is 4.79 Å². The van der Waals surface area contributed by atoms with E-state index in [-0.39, 0.29) is 12.6 Å². The molecule has 1 atom stereocenters. The number of rotatable bonds is 5. The van der Waals surface area contributed by atoms with Crippen molar-refractivity contribution in [1.82, 2.24) is 5.32 Å². The van der Waals surface area contributed by atoms with Crippen molar-refractivity contribution < 1.29 is 23.8 Å². The van der Waals surface area contributed by atoms with Crippen LogP contribution in [0.25, 0.3) is 0 Å². The second-order valence-corrected chi connectivity index (χ2v) is 6.22. The molecule has 1 heterocycles. The Hall–Kier alpha value is -2.73. The van der Waals surface area contributed by atoms with Crippen LogP contribution in [0.2, 0.25) is 5.02 Å². The largest absolute Gasteiger partial charge is 0.486 e. The molecule has 136 valence electrons. The predicted octanol–water partition coefficient (Wildman–Crippen LogP) is 3.15. The van der Waals surface area contributed by atoms with Crippen LogP contribution in [0.5, 0.6) is 11.5 Å². The Kier molecular flexibility index (Phi) is 5.63. The summed E-state index contributed by atoms with van der Waals surface area (Å²) in [5, 5.41) is 3.35. The first-order chi connectivity index (χ1) is 12.5. The van der Waals surface area contributed by atoms with Crippen molar-refractivity contribution in [3.05, 3.63) is 58.6 Å². The number of esters is 1. The van der Waals surface area contributed by atoms with E-state index < -0.39 is 11.9 Å². The first kappa shape index (κ1) is 18.1. The van der Waals surface area contributed by atoms with Crippen LogP contribution in [0.3, 0.4) is 0 Å². The Morgan fingerprint density at radius 3 is 2.69 bits per heavy atom. The Bertz CT molecular complexity index is 823. The first-order valence-corrected chi connectivity index (χ1v) is 8.52. The van der Waals surface area contributed by atoms with Crippen LogP contribution in [-0.2, 0) is 9.53 Å². The molecule has 26 heavy (non-hydrogen) atoms. The number of nitrogens with one attached hydrogen (secondary N) is 1. The molecule has 1 aliphatic heterocycles. The van der Waals surface area contributed by atoms with Gasteiger partial charge in [-0.2, -0.15) is 0 Å². The quantitative estimate of drug-likeness (QED) is 0.813. The van der Waals surface area contributed by atoms with Crippen molar-refractivity contribution in [2.75, 3.05) is 19.8 Å². The highest BCUT2D eigenvalue weighted by Gasteiger charge is 2.17. The van der Waals surface area contributed by atoms with Gasteiger partial charge in [0.15, 0.2) is 18.1 Å². The average molecular weight is 376 g/mol. The van der Waals surface area contributed by atoms with Crippen molar-refractivity contribution in [3.63, 3.8) is 0 Å².